The van der Waals surface area contributed by atoms with E-state index in [0.29, 0.717) is 13.0 Å². The highest BCUT2D eigenvalue weighted by Crippen LogP contribution is 2.39. The topological polar surface area (TPSA) is 77.2 Å². The highest BCUT2D eigenvalue weighted by atomic mass is 32.1. The van der Waals surface area contributed by atoms with Gasteiger partial charge in [-0.15, -0.1) is 0 Å². The lowest BCUT2D eigenvalue weighted by molar-refractivity contribution is -0.142. The second kappa shape index (κ2) is 8.48. The molecular formula is C21H21N3O4S. The van der Waals surface area contributed by atoms with Gasteiger partial charge >= 0.3 is 5.97 Å². The van der Waals surface area contributed by atoms with Gasteiger partial charge in [0, 0.05) is 17.5 Å². The summed E-state index contributed by atoms with van der Waals surface area (Å²) in [6.07, 6.45) is 4.25. The zero-order chi connectivity index (χ0) is 20.2. The lowest BCUT2D eigenvalue weighted by Gasteiger charge is -2.21. The van der Waals surface area contributed by atoms with Gasteiger partial charge in [-0.05, 0) is 36.8 Å². The van der Waals surface area contributed by atoms with E-state index in [2.05, 4.69) is 4.98 Å². The Morgan fingerprint density at radius 3 is 2.83 bits per heavy atom. The van der Waals surface area contributed by atoms with Crippen LogP contribution in [-0.4, -0.2) is 30.4 Å². The molecule has 3 heterocycles. The van der Waals surface area contributed by atoms with E-state index in [0.717, 1.165) is 32.8 Å². The molecule has 7 nitrogen and oxygen atoms in total. The first-order valence-corrected chi connectivity index (χ1v) is 10.1. The number of hydrogen-bond donors (Lipinski definition) is 0. The van der Waals surface area contributed by atoms with Crippen LogP contribution in [0.25, 0.3) is 0 Å². The number of furan rings is 1. The number of thiazole rings is 1. The third-order valence-electron chi connectivity index (χ3n) is 4.58. The average Bonchev–Trinajstić information content (AvgIpc) is 3.48. The molecule has 1 aromatic carbocycles. The molecule has 2 aromatic heterocycles. The Morgan fingerprint density at radius 2 is 2.14 bits per heavy atom. The van der Waals surface area contributed by atoms with Gasteiger partial charge in [0.05, 0.1) is 32.4 Å². The van der Waals surface area contributed by atoms with Crippen LogP contribution < -0.4 is 9.75 Å². The molecule has 150 valence electrons. The van der Waals surface area contributed by atoms with Crippen LogP contribution in [0.1, 0.15) is 35.6 Å². The lowest BCUT2D eigenvalue weighted by atomic mass is 10.0. The van der Waals surface area contributed by atoms with Crippen molar-refractivity contribution in [2.24, 2.45) is 5.10 Å². The zero-order valence-corrected chi connectivity index (χ0v) is 17.0. The van der Waals surface area contributed by atoms with Gasteiger partial charge in [-0.1, -0.05) is 23.5 Å². The number of rotatable bonds is 7. The Hall–Kier alpha value is -3.13. The molecule has 1 atom stereocenters. The predicted octanol–water partition coefficient (Wildman–Crippen LogP) is 4.21. The molecule has 0 saturated heterocycles. The van der Waals surface area contributed by atoms with E-state index in [1.54, 1.807) is 26.5 Å². The van der Waals surface area contributed by atoms with E-state index in [4.69, 9.17) is 19.0 Å². The maximum absolute atomic E-state index is 11.8. The predicted molar refractivity (Wildman–Crippen MR) is 111 cm³/mol. The van der Waals surface area contributed by atoms with Crippen molar-refractivity contribution >= 4 is 28.1 Å². The van der Waals surface area contributed by atoms with Crippen molar-refractivity contribution in [1.29, 1.82) is 0 Å². The Labute approximate surface area is 172 Å². The molecule has 8 heteroatoms. The molecule has 0 saturated carbocycles. The Morgan fingerprint density at radius 1 is 1.31 bits per heavy atom. The summed E-state index contributed by atoms with van der Waals surface area (Å²) in [7, 11) is 1.65. The van der Waals surface area contributed by atoms with E-state index < -0.39 is 0 Å². The zero-order valence-electron chi connectivity index (χ0n) is 16.2. The van der Waals surface area contributed by atoms with Crippen LogP contribution in [0.4, 0.5) is 5.13 Å². The molecule has 0 radical (unpaired) electrons. The second-order valence-electron chi connectivity index (χ2n) is 6.45. The number of methoxy groups -OCH3 is 1. The number of anilines is 1. The molecule has 3 aromatic rings. The van der Waals surface area contributed by atoms with Crippen LogP contribution in [0.2, 0.25) is 0 Å². The minimum Gasteiger partial charge on any atom is -0.497 e. The molecule has 4 rings (SSSR count). The normalized spacial score (nSPS) is 16.0. The minimum atomic E-state index is -0.254. The first-order chi connectivity index (χ1) is 14.2. The van der Waals surface area contributed by atoms with Crippen molar-refractivity contribution in [1.82, 2.24) is 4.98 Å². The summed E-state index contributed by atoms with van der Waals surface area (Å²) in [6.45, 7) is 2.16. The summed E-state index contributed by atoms with van der Waals surface area (Å²) in [5.74, 6) is 1.29. The highest BCUT2D eigenvalue weighted by Gasteiger charge is 2.32. The fourth-order valence-corrected chi connectivity index (χ4v) is 4.10. The number of ether oxygens (including phenoxy) is 2. The second-order valence-corrected chi connectivity index (χ2v) is 7.55. The Bertz CT molecular complexity index is 995. The SMILES string of the molecule is CCOC(=O)Cc1cnc(N2N=C(c3ccco3)C[C@H]2c2ccc(OC)cc2)s1. The maximum Gasteiger partial charge on any atom is 0.311 e. The van der Waals surface area contributed by atoms with Crippen LogP contribution in [0.15, 0.2) is 58.4 Å². The molecule has 0 fully saturated rings. The number of carbonyl (C=O) groups is 1. The molecule has 0 spiro atoms. The molecule has 0 aliphatic carbocycles. The summed E-state index contributed by atoms with van der Waals surface area (Å²) in [6, 6.07) is 11.7. The van der Waals surface area contributed by atoms with Gasteiger partial charge in [-0.3, -0.25) is 4.79 Å². The van der Waals surface area contributed by atoms with Crippen LogP contribution in [0, 0.1) is 0 Å². The van der Waals surface area contributed by atoms with Crippen LogP contribution >= 0.6 is 11.3 Å². The third kappa shape index (κ3) is 4.17. The molecule has 1 aliphatic heterocycles. The molecule has 29 heavy (non-hydrogen) atoms. The van der Waals surface area contributed by atoms with Crippen LogP contribution in [0.5, 0.6) is 5.75 Å². The van der Waals surface area contributed by atoms with Gasteiger partial charge in [0.2, 0.25) is 5.13 Å². The third-order valence-corrected chi connectivity index (χ3v) is 5.56. The van der Waals surface area contributed by atoms with Crippen molar-refractivity contribution in [3.63, 3.8) is 0 Å². The van der Waals surface area contributed by atoms with E-state index in [-0.39, 0.29) is 18.4 Å². The highest BCUT2D eigenvalue weighted by molar-refractivity contribution is 7.15. The van der Waals surface area contributed by atoms with Crippen molar-refractivity contribution in [2.45, 2.75) is 25.8 Å². The lowest BCUT2D eigenvalue weighted by Crippen LogP contribution is -2.18. The number of benzene rings is 1. The molecular weight excluding hydrogens is 390 g/mol. The molecule has 0 bridgehead atoms. The van der Waals surface area contributed by atoms with Gasteiger partial charge in [0.25, 0.3) is 0 Å². The fourth-order valence-electron chi connectivity index (χ4n) is 3.20. The van der Waals surface area contributed by atoms with Crippen molar-refractivity contribution in [3.8, 4) is 5.75 Å². The molecule has 0 amide bonds. The summed E-state index contributed by atoms with van der Waals surface area (Å²) < 4.78 is 15.9. The fraction of sp³-hybridized carbons (Fsp3) is 0.286. The largest absolute Gasteiger partial charge is 0.497 e. The molecule has 0 N–H and O–H groups in total. The van der Waals surface area contributed by atoms with Crippen molar-refractivity contribution in [3.05, 3.63) is 65.1 Å². The van der Waals surface area contributed by atoms with Crippen LogP contribution in [0.3, 0.4) is 0 Å². The Balaban J connectivity index is 1.63. The van der Waals surface area contributed by atoms with Gasteiger partial charge < -0.3 is 13.9 Å². The van der Waals surface area contributed by atoms with Gasteiger partial charge in [-0.25, -0.2) is 9.99 Å². The van der Waals surface area contributed by atoms with Crippen molar-refractivity contribution < 1.29 is 18.7 Å². The monoisotopic (exact) mass is 411 g/mol. The number of carbonyl (C=O) groups excluding carboxylic acids is 1. The van der Waals surface area contributed by atoms with E-state index in [1.165, 1.54) is 11.3 Å². The first kappa shape index (κ1) is 19.2. The standard InChI is InChI=1S/C21H21N3O4S/c1-3-27-20(25)11-16-13-22-21(29-16)24-18(14-6-8-15(26-2)9-7-14)12-17(23-24)19-5-4-10-28-19/h4-10,13,18H,3,11-12H2,1-2H3/t18-/m0/s1. The first-order valence-electron chi connectivity index (χ1n) is 9.32. The summed E-state index contributed by atoms with van der Waals surface area (Å²) >= 11 is 1.44. The average molecular weight is 411 g/mol. The summed E-state index contributed by atoms with van der Waals surface area (Å²) in [5.41, 5.74) is 1.95. The summed E-state index contributed by atoms with van der Waals surface area (Å²) in [4.78, 5) is 17.1. The maximum atomic E-state index is 11.8. The number of hydrogen-bond acceptors (Lipinski definition) is 8. The Kier molecular flexibility index (Phi) is 5.62. The van der Waals surface area contributed by atoms with Gasteiger partial charge in [-0.2, -0.15) is 5.10 Å². The number of hydrazone groups is 1. The van der Waals surface area contributed by atoms with E-state index in [1.807, 2.05) is 41.4 Å². The minimum absolute atomic E-state index is 0.0254. The molecule has 1 aliphatic rings. The number of esters is 1. The number of aromatic nitrogens is 1. The van der Waals surface area contributed by atoms with Crippen LogP contribution in [-0.2, 0) is 16.0 Å². The quantitative estimate of drug-likeness (QED) is 0.542. The molecule has 0 unspecified atom stereocenters. The summed E-state index contributed by atoms with van der Waals surface area (Å²) in [5, 5.41) is 7.42. The van der Waals surface area contributed by atoms with Crippen molar-refractivity contribution in [2.75, 3.05) is 18.7 Å². The smallest absolute Gasteiger partial charge is 0.311 e. The van der Waals surface area contributed by atoms with E-state index >= 15 is 0 Å². The van der Waals surface area contributed by atoms with Gasteiger partial charge in [0.1, 0.15) is 17.2 Å². The van der Waals surface area contributed by atoms with E-state index in [9.17, 15) is 4.79 Å². The number of nitrogens with zero attached hydrogens (tertiary/aromatic N) is 3. The van der Waals surface area contributed by atoms with Gasteiger partial charge in [0.15, 0.2) is 0 Å².